The van der Waals surface area contributed by atoms with E-state index in [4.69, 9.17) is 37.9 Å². The maximum Gasteiger partial charge on any atom is 0.335 e. The maximum absolute atomic E-state index is 13.1. The van der Waals surface area contributed by atoms with E-state index >= 15 is 0 Å². The van der Waals surface area contributed by atoms with Gasteiger partial charge in [0.15, 0.2) is 31.1 Å². The third kappa shape index (κ3) is 9.12. The van der Waals surface area contributed by atoms with Gasteiger partial charge in [0.2, 0.25) is 0 Å². The monoisotopic (exact) mass is 1090 g/mol. The van der Waals surface area contributed by atoms with Crippen LogP contribution in [0.5, 0.6) is 0 Å². The van der Waals surface area contributed by atoms with E-state index in [1.165, 1.54) is 19.1 Å². The van der Waals surface area contributed by atoms with Crippen LogP contribution in [0.2, 0.25) is 0 Å². The van der Waals surface area contributed by atoms with E-state index in [9.17, 15) is 75.7 Å². The van der Waals surface area contributed by atoms with Gasteiger partial charge in [0.25, 0.3) is 0 Å². The predicted octanol–water partition coefficient (Wildman–Crippen LogP) is -1.07. The number of esters is 2. The van der Waals surface area contributed by atoms with Gasteiger partial charge in [-0.2, -0.15) is 0 Å². The highest BCUT2D eigenvalue weighted by molar-refractivity contribution is 5.82. The molecule has 0 aromatic heterocycles. The number of carboxylic acids is 1. The molecule has 76 heavy (non-hydrogen) atoms. The quantitative estimate of drug-likeness (QED) is 0.0452. The molecule has 23 nitrogen and oxygen atoms in total. The maximum atomic E-state index is 13.1. The molecule has 0 spiro atoms. The molecule has 1 unspecified atom stereocenters. The molecule has 3 saturated heterocycles. The zero-order chi connectivity index (χ0) is 56.2. The minimum absolute atomic E-state index is 0.139. The number of allylic oxidation sites excluding steroid dienone is 2. The van der Waals surface area contributed by atoms with Crippen molar-refractivity contribution >= 4 is 17.9 Å². The molecule has 7 fully saturated rings. The van der Waals surface area contributed by atoms with Gasteiger partial charge < -0.3 is 99.2 Å². The molecule has 23 heteroatoms. The number of ether oxygens (including phenoxy) is 8. The molecule has 3 heterocycles. The minimum Gasteiger partial charge on any atom is -0.479 e. The molecule has 4 saturated carbocycles. The average Bonchev–Trinajstić information content (AvgIpc) is 3.72. The number of aliphatic hydroxyl groups excluding tert-OH is 11. The van der Waals surface area contributed by atoms with Crippen molar-refractivity contribution in [1.82, 2.24) is 0 Å². The lowest BCUT2D eigenvalue weighted by Gasteiger charge is -2.73. The summed E-state index contributed by atoms with van der Waals surface area (Å²) in [7, 11) is 0. The Kier molecular flexibility index (Phi) is 16.6. The number of carboxylic acid groups (broad SMARTS) is 1. The number of aliphatic carboxylic acids is 1. The van der Waals surface area contributed by atoms with Crippen molar-refractivity contribution in [2.24, 2.45) is 50.2 Å². The number of hydrogen-bond acceptors (Lipinski definition) is 22. The normalized spacial score (nSPS) is 50.6. The summed E-state index contributed by atoms with van der Waals surface area (Å²) in [5.74, 6) is -3.99. The van der Waals surface area contributed by atoms with E-state index in [2.05, 4.69) is 19.9 Å². The highest BCUT2D eigenvalue weighted by atomic mass is 16.8. The van der Waals surface area contributed by atoms with E-state index in [1.54, 1.807) is 6.92 Å². The second-order valence-corrected chi connectivity index (χ2v) is 24.8. The fourth-order valence-corrected chi connectivity index (χ4v) is 16.1. The zero-order valence-electron chi connectivity index (χ0n) is 44.7. The second kappa shape index (κ2) is 21.3. The van der Waals surface area contributed by atoms with Crippen LogP contribution in [0.4, 0.5) is 0 Å². The Hall–Kier alpha value is -2.79. The number of carbonyl (C=O) groups excluding carboxylic acids is 2. The van der Waals surface area contributed by atoms with Crippen molar-refractivity contribution in [2.45, 2.75) is 217 Å². The topological polar surface area (TPSA) is 368 Å². The van der Waals surface area contributed by atoms with Crippen LogP contribution in [0.25, 0.3) is 0 Å². The molecule has 0 bridgehead atoms. The largest absolute Gasteiger partial charge is 0.479 e. The molecule has 432 valence electrons. The highest BCUT2D eigenvalue weighted by Crippen LogP contribution is 2.76. The summed E-state index contributed by atoms with van der Waals surface area (Å²) >= 11 is 0. The first-order valence-electron chi connectivity index (χ1n) is 26.6. The van der Waals surface area contributed by atoms with Crippen molar-refractivity contribution in [3.8, 4) is 0 Å². The number of rotatable bonds is 13. The van der Waals surface area contributed by atoms with E-state index in [0.29, 0.717) is 38.5 Å². The number of hydrogen-bond donors (Lipinski definition) is 12. The van der Waals surface area contributed by atoms with E-state index in [0.717, 1.165) is 5.57 Å². The molecule has 0 aromatic rings. The van der Waals surface area contributed by atoms with E-state index in [-0.39, 0.29) is 11.8 Å². The van der Waals surface area contributed by atoms with Crippen LogP contribution >= 0.6 is 0 Å². The molecule has 12 N–H and O–H groups in total. The SMILES string of the molecule is C/C=C\C(=O)O[C@H]1[C@H](OC(C)=O)[C@]2(CO)[C@H](O)[C@H](O)[C@]3(C)C(=CC[C@@H]4[C@@]5(C)CCC(O[C@@H]6O[C@H](C(=O)O)[C@@H](O)[C@H](O[C@@H]7O[C@@H](CO)[C@H](O)[C@H]7O)[C@H]6O[C@@H]6O[C@H](CO)[C@H](O)[C@H](O)[C@H]6O)C(C)(C)[C@@H]5CC[C@]43C)[C@@H]2CC1(C)C. The van der Waals surface area contributed by atoms with Gasteiger partial charge in [-0.15, -0.1) is 0 Å². The van der Waals surface area contributed by atoms with Crippen molar-refractivity contribution < 1.29 is 114 Å². The number of carbonyl (C=O) groups is 3. The summed E-state index contributed by atoms with van der Waals surface area (Å²) in [6.45, 7) is 14.7. The van der Waals surface area contributed by atoms with Gasteiger partial charge in [0.05, 0.1) is 43.5 Å². The van der Waals surface area contributed by atoms with Gasteiger partial charge in [-0.05, 0) is 79.4 Å². The minimum atomic E-state index is -2.12. The van der Waals surface area contributed by atoms with Gasteiger partial charge >= 0.3 is 17.9 Å². The van der Waals surface area contributed by atoms with Crippen LogP contribution in [0.3, 0.4) is 0 Å². The lowest BCUT2D eigenvalue weighted by molar-refractivity contribution is -0.386. The smallest absolute Gasteiger partial charge is 0.335 e. The molecule has 0 aromatic carbocycles. The Morgan fingerprint density at radius 1 is 0.684 bits per heavy atom. The summed E-state index contributed by atoms with van der Waals surface area (Å²) in [6.07, 6.45) is -24.1. The van der Waals surface area contributed by atoms with Crippen molar-refractivity contribution in [3.05, 3.63) is 23.8 Å². The molecule has 26 atom stereocenters. The van der Waals surface area contributed by atoms with Crippen LogP contribution in [0, 0.1) is 50.2 Å². The van der Waals surface area contributed by atoms with Gasteiger partial charge in [-0.3, -0.25) is 4.79 Å². The summed E-state index contributed by atoms with van der Waals surface area (Å²) in [5.41, 5.74) is -4.80. The first-order valence-corrected chi connectivity index (χ1v) is 26.6. The molecular weight excluding hydrogens is 1000 g/mol. The number of fused-ring (bicyclic) bond motifs is 7. The van der Waals surface area contributed by atoms with Gasteiger partial charge in [0.1, 0.15) is 67.1 Å². The molecular formula is C53H82O23. The molecule has 0 amide bonds. The van der Waals surface area contributed by atoms with Crippen molar-refractivity contribution in [1.29, 1.82) is 0 Å². The van der Waals surface area contributed by atoms with Crippen molar-refractivity contribution in [2.75, 3.05) is 19.8 Å². The lowest BCUT2D eigenvalue weighted by atomic mass is 9.32. The van der Waals surface area contributed by atoms with Crippen LogP contribution in [-0.2, 0) is 52.3 Å². The van der Waals surface area contributed by atoms with Crippen molar-refractivity contribution in [3.63, 3.8) is 0 Å². The Morgan fingerprint density at radius 2 is 1.28 bits per heavy atom. The second-order valence-electron chi connectivity index (χ2n) is 24.8. The van der Waals surface area contributed by atoms with Crippen LogP contribution in [0.1, 0.15) is 101 Å². The van der Waals surface area contributed by atoms with Gasteiger partial charge in [-0.1, -0.05) is 66.2 Å². The summed E-state index contributed by atoms with van der Waals surface area (Å²) < 4.78 is 48.4. The summed E-state index contributed by atoms with van der Waals surface area (Å²) in [4.78, 5) is 38.8. The Labute approximate surface area is 441 Å². The summed E-state index contributed by atoms with van der Waals surface area (Å²) in [6, 6.07) is 0. The van der Waals surface area contributed by atoms with Crippen LogP contribution < -0.4 is 0 Å². The van der Waals surface area contributed by atoms with E-state index in [1.807, 2.05) is 34.6 Å². The lowest BCUT2D eigenvalue weighted by Crippen LogP contribution is -2.76. The first kappa shape index (κ1) is 59.3. The third-order valence-electron chi connectivity index (χ3n) is 20.2. The predicted molar refractivity (Wildman–Crippen MR) is 258 cm³/mol. The fraction of sp³-hybridized carbons (Fsp3) is 0.868. The first-order chi connectivity index (χ1) is 35.5. The molecule has 0 radical (unpaired) electrons. The highest BCUT2D eigenvalue weighted by Gasteiger charge is 2.76. The molecule has 8 rings (SSSR count). The average molecular weight is 1090 g/mol. The zero-order valence-corrected chi connectivity index (χ0v) is 44.7. The molecule has 3 aliphatic heterocycles. The molecule has 8 aliphatic rings. The van der Waals surface area contributed by atoms with Gasteiger partial charge in [-0.25, -0.2) is 9.59 Å². The third-order valence-corrected chi connectivity index (χ3v) is 20.2. The fourth-order valence-electron chi connectivity index (χ4n) is 16.1. The Balaban J connectivity index is 1.13. The Bertz CT molecular complexity index is 2200. The Morgan fingerprint density at radius 3 is 1.84 bits per heavy atom. The standard InChI is InChI=1S/C53H82O23/c1-10-11-30(58)73-42-43(69-22(2)57)53(21-56)24(18-48(42,3)4)23-12-13-28-50(7)16-15-29(49(5,6)27(50)14-17-51(28,8)52(23,9)40(65)41(53)66)72-47-39(76-46-35(63)33(61)31(59)25(19-54)70-46)37(36(64)38(75-47)44(67)68)74-45-34(62)32(60)26(20-55)71-45/h10-12,24-29,31-43,45-47,54-56,59-66H,13-21H2,1-9H3,(H,67,68)/b11-10-/t24-,25+,26-,27-,28+,29?,31-,32-,33-,34+,35+,36-,37-,38-,39+,40-,41+,42-,43-,45-,46-,47+,50-,51+,52-,53-/m0/s1. The summed E-state index contributed by atoms with van der Waals surface area (Å²) in [5, 5.41) is 133. The number of aliphatic hydroxyl groups is 11. The van der Waals surface area contributed by atoms with Crippen LogP contribution in [0.15, 0.2) is 23.8 Å². The van der Waals surface area contributed by atoms with Gasteiger partial charge in [0, 0.05) is 23.8 Å². The molecule has 5 aliphatic carbocycles. The van der Waals surface area contributed by atoms with Crippen LogP contribution in [-0.4, -0.2) is 216 Å². The van der Waals surface area contributed by atoms with E-state index < -0.39 is 193 Å².